The fourth-order valence-corrected chi connectivity index (χ4v) is 4.50. The smallest absolute Gasteiger partial charge is 0.389 e. The Hall–Kier alpha value is -1.57. The van der Waals surface area contributed by atoms with Crippen LogP contribution in [0.15, 0.2) is 48.5 Å². The van der Waals surface area contributed by atoms with Crippen LogP contribution in [0, 0.1) is 0 Å². The van der Waals surface area contributed by atoms with Crippen LogP contribution in [0.5, 0.6) is 5.75 Å². The van der Waals surface area contributed by atoms with Crippen molar-refractivity contribution in [3.8, 4) is 16.9 Å². The third-order valence-corrected chi connectivity index (χ3v) is 6.60. The van der Waals surface area contributed by atoms with Crippen molar-refractivity contribution in [3.05, 3.63) is 54.1 Å². The van der Waals surface area contributed by atoms with Crippen molar-refractivity contribution in [1.82, 2.24) is 0 Å². The molecule has 3 nitrogen and oxygen atoms in total. The Morgan fingerprint density at radius 1 is 1.10 bits per heavy atom. The molecule has 2 aromatic carbocycles. The van der Waals surface area contributed by atoms with Crippen molar-refractivity contribution in [2.24, 2.45) is 0 Å². The predicted octanol–water partition coefficient (Wildman–Crippen LogP) is 5.21. The summed E-state index contributed by atoms with van der Waals surface area (Å²) >= 11 is 0. The molecule has 1 aliphatic heterocycles. The molecule has 21 heavy (non-hydrogen) atoms. The number of benzene rings is 2. The highest BCUT2D eigenvalue weighted by molar-refractivity contribution is 7.56. The monoisotopic (exact) mass is 302 g/mol. The van der Waals surface area contributed by atoms with Crippen molar-refractivity contribution in [1.29, 1.82) is 0 Å². The summed E-state index contributed by atoms with van der Waals surface area (Å²) in [6.07, 6.45) is 0. The SMILES string of the molecule is CCOP1(=O)Oc2cc(-c3ccccc3)ccc2C1(C)C. The molecule has 3 rings (SSSR count). The summed E-state index contributed by atoms with van der Waals surface area (Å²) in [7, 11) is -3.17. The lowest BCUT2D eigenvalue weighted by Gasteiger charge is -2.24. The Morgan fingerprint density at radius 2 is 1.81 bits per heavy atom. The lowest BCUT2D eigenvalue weighted by atomic mass is 9.97. The molecule has 1 atom stereocenters. The highest BCUT2D eigenvalue weighted by Crippen LogP contribution is 2.70. The van der Waals surface area contributed by atoms with Crippen molar-refractivity contribution in [3.63, 3.8) is 0 Å². The topological polar surface area (TPSA) is 35.5 Å². The predicted molar refractivity (Wildman–Crippen MR) is 84.8 cm³/mol. The molecule has 110 valence electrons. The van der Waals surface area contributed by atoms with E-state index in [4.69, 9.17) is 9.05 Å². The van der Waals surface area contributed by atoms with Crippen LogP contribution in [-0.2, 0) is 14.2 Å². The van der Waals surface area contributed by atoms with Gasteiger partial charge < -0.3 is 4.52 Å². The second-order valence-electron chi connectivity index (χ2n) is 5.64. The normalized spacial score (nSPS) is 22.6. The molecule has 0 saturated heterocycles. The van der Waals surface area contributed by atoms with E-state index in [2.05, 4.69) is 0 Å². The molecule has 0 bridgehead atoms. The minimum atomic E-state index is -3.17. The molecule has 0 saturated carbocycles. The summed E-state index contributed by atoms with van der Waals surface area (Å²) in [5.41, 5.74) is 3.11. The summed E-state index contributed by atoms with van der Waals surface area (Å²) in [5, 5.41) is -0.617. The Morgan fingerprint density at radius 3 is 2.48 bits per heavy atom. The summed E-state index contributed by atoms with van der Waals surface area (Å²) in [6, 6.07) is 16.1. The number of hydrogen-bond acceptors (Lipinski definition) is 3. The molecule has 0 fully saturated rings. The third kappa shape index (κ3) is 2.21. The summed E-state index contributed by atoms with van der Waals surface area (Å²) in [5.74, 6) is 0.665. The van der Waals surface area contributed by atoms with Gasteiger partial charge in [-0.3, -0.25) is 4.52 Å². The van der Waals surface area contributed by atoms with Crippen molar-refractivity contribution in [2.75, 3.05) is 6.61 Å². The zero-order valence-corrected chi connectivity index (χ0v) is 13.4. The second-order valence-corrected chi connectivity index (χ2v) is 8.20. The van der Waals surface area contributed by atoms with Gasteiger partial charge in [0.1, 0.15) is 10.9 Å². The van der Waals surface area contributed by atoms with Gasteiger partial charge in [-0.25, -0.2) is 4.57 Å². The van der Waals surface area contributed by atoms with E-state index < -0.39 is 12.8 Å². The van der Waals surface area contributed by atoms with E-state index in [9.17, 15) is 4.57 Å². The molecule has 0 spiro atoms. The molecule has 4 heteroatoms. The van der Waals surface area contributed by atoms with Crippen molar-refractivity contribution < 1.29 is 13.6 Å². The fraction of sp³-hybridized carbons (Fsp3) is 0.294. The first kappa shape index (κ1) is 14.4. The molecular weight excluding hydrogens is 283 g/mol. The van der Waals surface area contributed by atoms with Crippen molar-refractivity contribution in [2.45, 2.75) is 25.9 Å². The van der Waals surface area contributed by atoms with E-state index in [0.29, 0.717) is 12.4 Å². The Labute approximate surface area is 125 Å². The van der Waals surface area contributed by atoms with E-state index in [1.165, 1.54) is 0 Å². The molecule has 0 N–H and O–H groups in total. The molecule has 0 radical (unpaired) electrons. The molecule has 0 amide bonds. The third-order valence-electron chi connectivity index (χ3n) is 3.95. The first-order valence-electron chi connectivity index (χ1n) is 7.12. The van der Waals surface area contributed by atoms with E-state index in [1.807, 2.05) is 69.3 Å². The van der Waals surface area contributed by atoms with E-state index in [0.717, 1.165) is 16.7 Å². The van der Waals surface area contributed by atoms with Gasteiger partial charge >= 0.3 is 7.60 Å². The van der Waals surface area contributed by atoms with Gasteiger partial charge in [0.2, 0.25) is 0 Å². The Kier molecular flexibility index (Phi) is 3.43. The average molecular weight is 302 g/mol. The Balaban J connectivity index is 2.06. The lowest BCUT2D eigenvalue weighted by Crippen LogP contribution is -2.15. The van der Waals surface area contributed by atoms with Gasteiger partial charge in [0, 0.05) is 5.56 Å². The van der Waals surface area contributed by atoms with Crippen LogP contribution in [0.25, 0.3) is 11.1 Å². The van der Waals surface area contributed by atoms with Gasteiger partial charge in [0.15, 0.2) is 0 Å². The number of fused-ring (bicyclic) bond motifs is 1. The van der Waals surface area contributed by atoms with Gasteiger partial charge in [-0.2, -0.15) is 0 Å². The van der Waals surface area contributed by atoms with Gasteiger partial charge in [0.25, 0.3) is 0 Å². The number of rotatable bonds is 3. The van der Waals surface area contributed by atoms with Gasteiger partial charge in [-0.05, 0) is 38.0 Å². The van der Waals surface area contributed by atoms with Gasteiger partial charge in [-0.1, -0.05) is 42.5 Å². The highest BCUT2D eigenvalue weighted by Gasteiger charge is 2.53. The van der Waals surface area contributed by atoms with E-state index >= 15 is 0 Å². The number of hydrogen-bond donors (Lipinski definition) is 0. The van der Waals surface area contributed by atoms with Crippen LogP contribution >= 0.6 is 7.60 Å². The van der Waals surface area contributed by atoms with Crippen LogP contribution in [0.1, 0.15) is 26.3 Å². The van der Waals surface area contributed by atoms with Crippen LogP contribution in [-0.4, -0.2) is 6.61 Å². The standard InChI is InChI=1S/C17H19O3P/c1-4-19-21(18)17(2,3)15-11-10-14(12-16(15)20-21)13-8-6-5-7-9-13/h5-12H,4H2,1-3H3. The maximum absolute atomic E-state index is 12.9. The second kappa shape index (κ2) is 5.01. The van der Waals surface area contributed by atoms with E-state index in [-0.39, 0.29) is 0 Å². The highest BCUT2D eigenvalue weighted by atomic mass is 31.2. The largest absolute Gasteiger partial charge is 0.423 e. The van der Waals surface area contributed by atoms with Crippen LogP contribution in [0.3, 0.4) is 0 Å². The van der Waals surface area contributed by atoms with E-state index in [1.54, 1.807) is 0 Å². The van der Waals surface area contributed by atoms with Crippen LogP contribution in [0.4, 0.5) is 0 Å². The summed E-state index contributed by atoms with van der Waals surface area (Å²) in [4.78, 5) is 0. The summed E-state index contributed by atoms with van der Waals surface area (Å²) < 4.78 is 24.1. The van der Waals surface area contributed by atoms with Gasteiger partial charge in [-0.15, -0.1) is 0 Å². The molecular formula is C17H19O3P. The fourth-order valence-electron chi connectivity index (χ4n) is 2.66. The molecule has 1 aliphatic rings. The first-order valence-corrected chi connectivity index (χ1v) is 8.66. The first-order chi connectivity index (χ1) is 9.98. The Bertz CT molecular complexity index is 707. The maximum Gasteiger partial charge on any atom is 0.389 e. The molecule has 1 heterocycles. The van der Waals surface area contributed by atoms with Gasteiger partial charge in [0.05, 0.1) is 6.61 Å². The summed E-state index contributed by atoms with van der Waals surface area (Å²) in [6.45, 7) is 6.03. The minimum absolute atomic E-state index is 0.375. The van der Waals surface area contributed by atoms with Crippen LogP contribution in [0.2, 0.25) is 0 Å². The molecule has 2 aromatic rings. The van der Waals surface area contributed by atoms with Crippen LogP contribution < -0.4 is 4.52 Å². The van der Waals surface area contributed by atoms with Crippen molar-refractivity contribution >= 4 is 7.60 Å². The molecule has 1 unspecified atom stereocenters. The quantitative estimate of drug-likeness (QED) is 0.730. The minimum Gasteiger partial charge on any atom is -0.423 e. The zero-order valence-electron chi connectivity index (χ0n) is 12.5. The average Bonchev–Trinajstić information content (AvgIpc) is 2.67. The molecule has 0 aromatic heterocycles. The maximum atomic E-state index is 12.9. The molecule has 0 aliphatic carbocycles. The zero-order chi connectivity index (χ0) is 15.1. The lowest BCUT2D eigenvalue weighted by molar-refractivity contribution is 0.270.